The van der Waals surface area contributed by atoms with Gasteiger partial charge in [-0.15, -0.1) is 0 Å². The minimum absolute atomic E-state index is 0.140. The number of ether oxygens (including phenoxy) is 1. The molecule has 166 valence electrons. The van der Waals surface area contributed by atoms with Crippen molar-refractivity contribution in [1.82, 2.24) is 19.8 Å². The Morgan fingerprint density at radius 2 is 2.16 bits per heavy atom. The topological polar surface area (TPSA) is 73.5 Å². The maximum absolute atomic E-state index is 12.8. The first-order valence-electron chi connectivity index (χ1n) is 11.5. The van der Waals surface area contributed by atoms with Crippen molar-refractivity contribution in [2.45, 2.75) is 43.7 Å². The summed E-state index contributed by atoms with van der Waals surface area (Å²) >= 11 is 0. The van der Waals surface area contributed by atoms with Crippen molar-refractivity contribution in [3.63, 3.8) is 0 Å². The maximum Gasteiger partial charge on any atom is 0.246 e. The van der Waals surface area contributed by atoms with Crippen LogP contribution in [0.2, 0.25) is 0 Å². The zero-order chi connectivity index (χ0) is 21.4. The molecule has 7 heteroatoms. The average molecular weight is 424 g/mol. The van der Waals surface area contributed by atoms with E-state index < -0.39 is 0 Å². The zero-order valence-electron chi connectivity index (χ0n) is 18.5. The van der Waals surface area contributed by atoms with Gasteiger partial charge in [0.25, 0.3) is 0 Å². The SMILES string of the molecule is CN(C)C/C=C/C(=O)N1C[C@H](Nc2ccnc3[nH]cc(C4CCOCC4)c23)C2CC1C2. The molecule has 1 saturated carbocycles. The van der Waals surface area contributed by atoms with Crippen LogP contribution in [0.3, 0.4) is 0 Å². The first-order chi connectivity index (χ1) is 15.1. The summed E-state index contributed by atoms with van der Waals surface area (Å²) in [7, 11) is 4.02. The summed E-state index contributed by atoms with van der Waals surface area (Å²) in [5.41, 5.74) is 3.42. The van der Waals surface area contributed by atoms with Gasteiger partial charge in [-0.1, -0.05) is 6.08 Å². The first kappa shape index (κ1) is 20.5. The predicted molar refractivity (Wildman–Crippen MR) is 122 cm³/mol. The Bertz CT molecular complexity index is 956. The molecule has 6 rings (SSSR count). The lowest BCUT2D eigenvalue weighted by molar-refractivity contribution is -0.135. The second-order valence-electron chi connectivity index (χ2n) is 9.50. The van der Waals surface area contributed by atoms with Crippen molar-refractivity contribution in [3.8, 4) is 0 Å². The van der Waals surface area contributed by atoms with Gasteiger partial charge in [-0.2, -0.15) is 0 Å². The number of rotatable bonds is 6. The molecule has 31 heavy (non-hydrogen) atoms. The van der Waals surface area contributed by atoms with Crippen molar-refractivity contribution < 1.29 is 9.53 Å². The average Bonchev–Trinajstić information content (AvgIpc) is 3.18. The molecule has 3 saturated heterocycles. The fraction of sp³-hybridized carbons (Fsp3) is 0.583. The van der Waals surface area contributed by atoms with E-state index in [-0.39, 0.29) is 11.9 Å². The summed E-state index contributed by atoms with van der Waals surface area (Å²) < 4.78 is 5.57. The summed E-state index contributed by atoms with van der Waals surface area (Å²) in [4.78, 5) is 24.9. The van der Waals surface area contributed by atoms with Crippen LogP contribution in [0.25, 0.3) is 11.0 Å². The van der Waals surface area contributed by atoms with Crippen LogP contribution in [-0.2, 0) is 9.53 Å². The number of anilines is 1. The number of H-pyrrole nitrogens is 1. The van der Waals surface area contributed by atoms with Crippen LogP contribution in [0.5, 0.6) is 0 Å². The van der Waals surface area contributed by atoms with Crippen LogP contribution >= 0.6 is 0 Å². The van der Waals surface area contributed by atoms with Crippen molar-refractivity contribution in [1.29, 1.82) is 0 Å². The third-order valence-electron chi connectivity index (χ3n) is 7.17. The molecule has 7 nitrogen and oxygen atoms in total. The van der Waals surface area contributed by atoms with Crippen molar-refractivity contribution in [3.05, 3.63) is 36.2 Å². The largest absolute Gasteiger partial charge is 0.381 e. The van der Waals surface area contributed by atoms with Gasteiger partial charge in [0.05, 0.1) is 0 Å². The van der Waals surface area contributed by atoms with E-state index in [4.69, 9.17) is 4.74 Å². The van der Waals surface area contributed by atoms with Crippen LogP contribution in [0, 0.1) is 5.92 Å². The molecule has 0 radical (unpaired) electrons. The number of nitrogens with zero attached hydrogens (tertiary/aromatic N) is 3. The molecule has 2 N–H and O–H groups in total. The Labute approximate surface area is 183 Å². The van der Waals surface area contributed by atoms with E-state index in [9.17, 15) is 4.79 Å². The normalized spacial score (nSPS) is 26.5. The number of hydrogen-bond donors (Lipinski definition) is 2. The number of fused-ring (bicyclic) bond motifs is 3. The fourth-order valence-corrected chi connectivity index (χ4v) is 5.35. The molecule has 1 amide bonds. The summed E-state index contributed by atoms with van der Waals surface area (Å²) in [6.07, 6.45) is 12.0. The number of nitrogens with one attached hydrogen (secondary N) is 2. The lowest BCUT2D eigenvalue weighted by Crippen LogP contribution is -2.62. The van der Waals surface area contributed by atoms with Crippen LogP contribution in [0.15, 0.2) is 30.6 Å². The van der Waals surface area contributed by atoms with E-state index in [0.29, 0.717) is 17.9 Å². The minimum atomic E-state index is 0.140. The molecular formula is C24H33N5O2. The van der Waals surface area contributed by atoms with Gasteiger partial charge in [-0.25, -0.2) is 4.98 Å². The van der Waals surface area contributed by atoms with Crippen molar-refractivity contribution in [2.24, 2.45) is 5.92 Å². The van der Waals surface area contributed by atoms with Gasteiger partial charge in [-0.3, -0.25) is 4.79 Å². The van der Waals surface area contributed by atoms with Gasteiger partial charge in [0.1, 0.15) is 5.65 Å². The number of piperidine rings is 2. The number of aromatic amines is 1. The van der Waals surface area contributed by atoms with E-state index in [0.717, 1.165) is 63.3 Å². The molecule has 0 unspecified atom stereocenters. The summed E-state index contributed by atoms with van der Waals surface area (Å²) in [5.74, 6) is 1.28. The standard InChI is InChI=1S/C24H33N5O2/c1-28(2)9-3-4-22(30)29-15-21(17-12-18(29)13-17)27-20-5-8-25-24-23(20)19(14-26-24)16-6-10-31-11-7-16/h3-5,8,14,16-18,21H,6-7,9-13,15H2,1-2H3,(H2,25,26,27)/b4-3+/t17?,18?,21-/m0/s1. The predicted octanol–water partition coefficient (Wildman–Crippen LogP) is 2.98. The Hall–Kier alpha value is -2.38. The molecule has 2 aromatic rings. The Balaban J connectivity index is 1.34. The fourth-order valence-electron chi connectivity index (χ4n) is 5.35. The number of carbonyl (C=O) groups is 1. The number of amides is 1. The van der Waals surface area contributed by atoms with E-state index in [1.54, 1.807) is 6.08 Å². The highest BCUT2D eigenvalue weighted by Gasteiger charge is 2.46. The van der Waals surface area contributed by atoms with Crippen LogP contribution in [-0.4, -0.2) is 78.2 Å². The van der Waals surface area contributed by atoms with E-state index in [1.165, 1.54) is 10.9 Å². The molecule has 2 bridgehead atoms. The number of carbonyl (C=O) groups excluding carboxylic acids is 1. The zero-order valence-corrected chi connectivity index (χ0v) is 18.5. The molecule has 4 fully saturated rings. The molecule has 0 aromatic carbocycles. The summed E-state index contributed by atoms with van der Waals surface area (Å²) in [6.45, 7) is 3.20. The molecule has 0 spiro atoms. The minimum Gasteiger partial charge on any atom is -0.381 e. The van der Waals surface area contributed by atoms with Crippen molar-refractivity contribution in [2.75, 3.05) is 45.7 Å². The molecule has 1 atom stereocenters. The maximum atomic E-state index is 12.8. The molecule has 5 heterocycles. The summed E-state index contributed by atoms with van der Waals surface area (Å²) in [5, 5.41) is 5.03. The Kier molecular flexibility index (Phi) is 5.71. The Morgan fingerprint density at radius 3 is 2.94 bits per heavy atom. The van der Waals surface area contributed by atoms with Gasteiger partial charge in [0.15, 0.2) is 0 Å². The van der Waals surface area contributed by atoms with Gasteiger partial charge in [0.2, 0.25) is 5.91 Å². The third kappa shape index (κ3) is 4.08. The molecular weight excluding hydrogens is 390 g/mol. The molecule has 2 aromatic heterocycles. The van der Waals surface area contributed by atoms with E-state index in [1.807, 2.05) is 26.4 Å². The second-order valence-corrected chi connectivity index (χ2v) is 9.50. The number of likely N-dealkylation sites (N-methyl/N-ethyl adjacent to an activating group) is 1. The van der Waals surface area contributed by atoms with Crippen molar-refractivity contribution >= 4 is 22.6 Å². The smallest absolute Gasteiger partial charge is 0.246 e. The molecule has 3 aliphatic heterocycles. The van der Waals surface area contributed by atoms with Gasteiger partial charge < -0.3 is 24.8 Å². The van der Waals surface area contributed by atoms with E-state index >= 15 is 0 Å². The molecule has 4 aliphatic rings. The Morgan fingerprint density at radius 1 is 1.35 bits per heavy atom. The highest BCUT2D eigenvalue weighted by atomic mass is 16.5. The van der Waals surface area contributed by atoms with Crippen LogP contribution < -0.4 is 5.32 Å². The quantitative estimate of drug-likeness (QED) is 0.699. The van der Waals surface area contributed by atoms with Crippen LogP contribution in [0.4, 0.5) is 5.69 Å². The second kappa shape index (κ2) is 8.63. The highest BCUT2D eigenvalue weighted by molar-refractivity contribution is 5.93. The lowest BCUT2D eigenvalue weighted by Gasteiger charge is -2.53. The molecule has 1 aliphatic carbocycles. The number of aromatic nitrogens is 2. The van der Waals surface area contributed by atoms with Gasteiger partial charge in [0, 0.05) is 67.9 Å². The number of hydrogen-bond acceptors (Lipinski definition) is 5. The van der Waals surface area contributed by atoms with Gasteiger partial charge in [-0.05, 0) is 63.2 Å². The number of pyridine rings is 1. The monoisotopic (exact) mass is 423 g/mol. The summed E-state index contributed by atoms with van der Waals surface area (Å²) in [6, 6.07) is 2.77. The first-order valence-corrected chi connectivity index (χ1v) is 11.5. The van der Waals surface area contributed by atoms with E-state index in [2.05, 4.69) is 37.3 Å². The highest BCUT2D eigenvalue weighted by Crippen LogP contribution is 2.42. The third-order valence-corrected chi connectivity index (χ3v) is 7.17. The van der Waals surface area contributed by atoms with Crippen LogP contribution in [0.1, 0.15) is 37.2 Å². The lowest BCUT2D eigenvalue weighted by atomic mass is 9.70. The van der Waals surface area contributed by atoms with Gasteiger partial charge >= 0.3 is 0 Å².